The molecule has 186 valence electrons. The van der Waals surface area contributed by atoms with Crippen LogP contribution in [0.3, 0.4) is 0 Å². The molecule has 14 heteroatoms. The highest BCUT2D eigenvalue weighted by molar-refractivity contribution is 7.53. The number of hydrogen-bond donors (Lipinski definition) is 3. The molecule has 0 spiro atoms. The number of ether oxygens (including phenoxy) is 1. The number of hydrogen-bond acceptors (Lipinski definition) is 8. The lowest BCUT2D eigenvalue weighted by molar-refractivity contribution is -0.162. The average molecular weight is 529 g/mol. The Labute approximate surface area is 206 Å². The van der Waals surface area contributed by atoms with Crippen LogP contribution in [0, 0.1) is 0 Å². The maximum absolute atomic E-state index is 11.5. The van der Waals surface area contributed by atoms with Crippen molar-refractivity contribution in [2.45, 2.75) is 13.0 Å². The molecule has 4 rings (SSSR count). The number of benzene rings is 1. The van der Waals surface area contributed by atoms with Gasteiger partial charge in [0, 0.05) is 31.8 Å². The van der Waals surface area contributed by atoms with E-state index in [9.17, 15) is 23.8 Å². The van der Waals surface area contributed by atoms with E-state index in [0.29, 0.717) is 29.3 Å². The van der Waals surface area contributed by atoms with Gasteiger partial charge < -0.3 is 23.9 Å². The molecule has 36 heavy (non-hydrogen) atoms. The number of nitrogens with zero attached hydrogens (tertiary/aromatic N) is 4. The van der Waals surface area contributed by atoms with Gasteiger partial charge >= 0.3 is 15.9 Å². The van der Waals surface area contributed by atoms with Crippen LogP contribution in [0.2, 0.25) is 0 Å². The molecule has 1 atom stereocenters. The summed E-state index contributed by atoms with van der Waals surface area (Å²) >= 11 is 0. The van der Waals surface area contributed by atoms with Crippen molar-refractivity contribution in [3.63, 3.8) is 0 Å². The molecule has 3 N–H and O–H groups in total. The highest BCUT2D eigenvalue weighted by Crippen LogP contribution is 2.43. The van der Waals surface area contributed by atoms with Gasteiger partial charge in [0.15, 0.2) is 11.6 Å². The zero-order valence-corrected chi connectivity index (χ0v) is 20.7. The first-order valence-electron chi connectivity index (χ1n) is 10.5. The van der Waals surface area contributed by atoms with Crippen LogP contribution in [-0.4, -0.2) is 32.0 Å². The number of rotatable bonds is 10. The van der Waals surface area contributed by atoms with E-state index in [2.05, 4.69) is 20.2 Å². The van der Waals surface area contributed by atoms with Crippen LogP contribution in [0.4, 0.5) is 11.6 Å². The minimum absolute atomic E-state index is 0.133. The van der Waals surface area contributed by atoms with E-state index in [1.165, 1.54) is 12.1 Å². The fourth-order valence-electron chi connectivity index (χ4n) is 3.20. The van der Waals surface area contributed by atoms with E-state index >= 15 is 0 Å². The lowest BCUT2D eigenvalue weighted by Crippen LogP contribution is -2.15. The second kappa shape index (κ2) is 10.9. The third kappa shape index (κ3) is 6.51. The molecular weight excluding hydrogens is 508 g/mol. The van der Waals surface area contributed by atoms with Gasteiger partial charge in [-0.25, -0.2) is 14.5 Å². The van der Waals surface area contributed by atoms with Crippen LogP contribution < -0.4 is 19.4 Å². The van der Waals surface area contributed by atoms with Gasteiger partial charge in [0.05, 0.1) is 11.3 Å². The van der Waals surface area contributed by atoms with E-state index in [1.807, 2.05) is 36.4 Å². The van der Waals surface area contributed by atoms with Crippen LogP contribution >= 0.6 is 15.9 Å². The van der Waals surface area contributed by atoms with Gasteiger partial charge in [0.2, 0.25) is 5.88 Å². The second-order valence-electron chi connectivity index (χ2n) is 7.61. The molecule has 1 aromatic carbocycles. The Morgan fingerprint density at radius 1 is 1.14 bits per heavy atom. The second-order valence-corrected chi connectivity index (χ2v) is 9.97. The SMILES string of the molecule is CN(c1ccc(-c2cc(Cc3ccc(OCc4ccccc4)nc3)no2)c(N[P+](=O)[O-])n1)P(=O)(O)O. The Morgan fingerprint density at radius 2 is 1.92 bits per heavy atom. The summed E-state index contributed by atoms with van der Waals surface area (Å²) in [6.45, 7) is 0.405. The van der Waals surface area contributed by atoms with E-state index < -0.39 is 15.9 Å². The van der Waals surface area contributed by atoms with E-state index in [4.69, 9.17) is 9.26 Å². The largest absolute Gasteiger partial charge is 0.573 e. The zero-order chi connectivity index (χ0) is 25.7. The molecule has 0 fully saturated rings. The molecular formula is C22H21N5O7P2. The Balaban J connectivity index is 1.48. The molecule has 0 aliphatic carbocycles. The van der Waals surface area contributed by atoms with Crippen molar-refractivity contribution in [1.29, 1.82) is 0 Å². The summed E-state index contributed by atoms with van der Waals surface area (Å²) in [7, 11) is -6.60. The summed E-state index contributed by atoms with van der Waals surface area (Å²) in [5, 5.41) is 6.19. The van der Waals surface area contributed by atoms with E-state index in [-0.39, 0.29) is 23.0 Å². The van der Waals surface area contributed by atoms with Crippen LogP contribution in [0.5, 0.6) is 5.88 Å². The van der Waals surface area contributed by atoms with E-state index in [1.54, 1.807) is 18.3 Å². The smallest absolute Gasteiger partial charge is 0.439 e. The quantitative estimate of drug-likeness (QED) is 0.256. The summed E-state index contributed by atoms with van der Waals surface area (Å²) in [5.41, 5.74) is 2.68. The molecule has 0 radical (unpaired) electrons. The monoisotopic (exact) mass is 529 g/mol. The maximum atomic E-state index is 11.5. The van der Waals surface area contributed by atoms with Gasteiger partial charge in [-0.2, -0.15) is 5.09 Å². The summed E-state index contributed by atoms with van der Waals surface area (Å²) in [5.74, 6) is 0.412. The number of pyridine rings is 2. The van der Waals surface area contributed by atoms with Gasteiger partial charge in [-0.15, -0.1) is 0 Å². The van der Waals surface area contributed by atoms with Gasteiger partial charge in [0.25, 0.3) is 0 Å². The van der Waals surface area contributed by atoms with Crippen molar-refractivity contribution < 1.29 is 33.1 Å². The molecule has 4 aromatic rings. The van der Waals surface area contributed by atoms with Crippen molar-refractivity contribution in [3.05, 3.63) is 83.7 Å². The standard InChI is InChI=1S/C22H21N5O7P2/c1-27(36(30,31)32)20-9-8-18(22(24-20)26-35(28)29)19-12-17(25-34-19)11-16-7-10-21(23-13-16)33-14-15-5-3-2-4-6-15/h2-10,12-13H,11,14H2,1H3,(H2,30,31,32)(H,24,26,28,29). The molecule has 0 amide bonds. The fraction of sp³-hybridized carbons (Fsp3) is 0.136. The lowest BCUT2D eigenvalue weighted by Gasteiger charge is -2.19. The third-order valence-corrected chi connectivity index (χ3v) is 6.42. The first kappa shape index (κ1) is 25.4. The highest BCUT2D eigenvalue weighted by Gasteiger charge is 2.25. The lowest BCUT2D eigenvalue weighted by atomic mass is 10.1. The number of aromatic nitrogens is 3. The Kier molecular flexibility index (Phi) is 7.73. The van der Waals surface area contributed by atoms with Gasteiger partial charge in [-0.3, -0.25) is 4.67 Å². The molecule has 0 saturated carbocycles. The first-order chi connectivity index (χ1) is 17.2. The predicted molar refractivity (Wildman–Crippen MR) is 129 cm³/mol. The predicted octanol–water partition coefficient (Wildman–Crippen LogP) is 3.26. The topological polar surface area (TPSA) is 174 Å². The highest BCUT2D eigenvalue weighted by atomic mass is 31.2. The van der Waals surface area contributed by atoms with Gasteiger partial charge in [0.1, 0.15) is 12.4 Å². The normalized spacial score (nSPS) is 11.7. The van der Waals surface area contributed by atoms with Gasteiger partial charge in [-0.05, 0) is 27.8 Å². The molecule has 3 heterocycles. The molecule has 0 bridgehead atoms. The minimum atomic E-state index is -4.64. The molecule has 1 unspecified atom stereocenters. The van der Waals surface area contributed by atoms with Crippen LogP contribution in [0.1, 0.15) is 16.8 Å². The van der Waals surface area contributed by atoms with Crippen LogP contribution in [0.25, 0.3) is 11.3 Å². The molecule has 0 aliphatic heterocycles. The Morgan fingerprint density at radius 3 is 2.58 bits per heavy atom. The molecule has 3 aromatic heterocycles. The van der Waals surface area contributed by atoms with E-state index in [0.717, 1.165) is 18.2 Å². The molecule has 0 aliphatic rings. The fourth-order valence-corrected chi connectivity index (χ4v) is 3.92. The third-order valence-electron chi connectivity index (χ3n) is 5.04. The van der Waals surface area contributed by atoms with Crippen molar-refractivity contribution in [3.8, 4) is 17.2 Å². The zero-order valence-electron chi connectivity index (χ0n) is 18.9. The Hall–Kier alpha value is -3.66. The summed E-state index contributed by atoms with van der Waals surface area (Å²) < 4.78 is 34.5. The average Bonchev–Trinajstić information content (AvgIpc) is 3.31. The maximum Gasteiger partial charge on any atom is 0.439 e. The van der Waals surface area contributed by atoms with Crippen molar-refractivity contribution in [2.75, 3.05) is 16.8 Å². The summed E-state index contributed by atoms with van der Waals surface area (Å²) in [6.07, 6.45) is 2.05. The summed E-state index contributed by atoms with van der Waals surface area (Å²) in [6, 6.07) is 17.7. The van der Waals surface area contributed by atoms with Crippen LogP contribution in [-0.2, 0) is 22.2 Å². The van der Waals surface area contributed by atoms with Crippen molar-refractivity contribution in [2.24, 2.45) is 0 Å². The van der Waals surface area contributed by atoms with Crippen molar-refractivity contribution >= 4 is 27.6 Å². The molecule has 12 nitrogen and oxygen atoms in total. The van der Waals surface area contributed by atoms with Crippen LogP contribution in [0.15, 0.2) is 71.4 Å². The summed E-state index contributed by atoms with van der Waals surface area (Å²) in [4.78, 5) is 38.3. The minimum Gasteiger partial charge on any atom is -0.573 e. The first-order valence-corrected chi connectivity index (χ1v) is 13.2. The van der Waals surface area contributed by atoms with Crippen molar-refractivity contribution in [1.82, 2.24) is 15.1 Å². The molecule has 0 saturated heterocycles. The Bertz CT molecular complexity index is 1390. The number of anilines is 2. The number of nitrogens with one attached hydrogen (secondary N) is 1. The van der Waals surface area contributed by atoms with Gasteiger partial charge in [-0.1, -0.05) is 41.6 Å².